The number of anilines is 1. The third-order valence-corrected chi connectivity index (χ3v) is 8.64. The number of rotatable bonds is 8. The fourth-order valence-corrected chi connectivity index (χ4v) is 6.14. The maximum atomic E-state index is 13.5. The first-order valence-corrected chi connectivity index (χ1v) is 14.6. The highest BCUT2D eigenvalue weighted by atomic mass is 16.5. The first-order valence-electron chi connectivity index (χ1n) is 14.6. The SMILES string of the molecule is CO[C@H]1CC[C@@H]1NC(=O)c1cnn2c(N(C)Cc3ccccc3)cc(-c3cnc4n(C5CCOCC5)cccc3-4)nc12. The van der Waals surface area contributed by atoms with Gasteiger partial charge in [-0.05, 0) is 43.4 Å². The number of nitrogens with zero attached hydrogens (tertiary/aromatic N) is 6. The standard InChI is InChI=1S/C32H35N7O3/c1-37(20-21-7-4-3-5-8-21)29-17-27(24-18-33-30-23(24)9-6-14-38(30)22-12-15-42-16-13-22)35-31-25(19-34-39(29)31)32(40)36-26-10-11-28(26)41-2/h3-9,14,17-19,22,26,28H,10-13,15-16,20H2,1-2H3,(H,36,40)/t26-,28-/m0/s1. The molecule has 1 amide bonds. The lowest BCUT2D eigenvalue weighted by Crippen LogP contribution is -2.51. The normalized spacial score (nSPS) is 19.2. The number of aromatic nitrogens is 5. The predicted molar refractivity (Wildman–Crippen MR) is 160 cm³/mol. The summed E-state index contributed by atoms with van der Waals surface area (Å²) in [5.74, 6) is 1.57. The zero-order valence-corrected chi connectivity index (χ0v) is 23.9. The Kier molecular flexibility index (Phi) is 7.09. The van der Waals surface area contributed by atoms with Gasteiger partial charge in [0.25, 0.3) is 5.91 Å². The molecule has 4 aliphatic rings. The molecule has 7 rings (SSSR count). The largest absolute Gasteiger partial charge is 0.381 e. The third-order valence-electron chi connectivity index (χ3n) is 8.64. The van der Waals surface area contributed by atoms with Crippen LogP contribution >= 0.6 is 0 Å². The minimum atomic E-state index is -0.194. The fourth-order valence-electron chi connectivity index (χ4n) is 6.14. The number of amides is 1. The second-order valence-corrected chi connectivity index (χ2v) is 11.2. The van der Waals surface area contributed by atoms with Gasteiger partial charge in [0.15, 0.2) is 5.65 Å². The summed E-state index contributed by atoms with van der Waals surface area (Å²) in [7, 11) is 3.72. The van der Waals surface area contributed by atoms with E-state index in [0.29, 0.717) is 23.8 Å². The van der Waals surface area contributed by atoms with Crippen LogP contribution in [0.25, 0.3) is 28.3 Å². The molecule has 1 saturated heterocycles. The number of pyridine rings is 1. The van der Waals surface area contributed by atoms with Crippen molar-refractivity contribution in [2.24, 2.45) is 0 Å². The van der Waals surface area contributed by atoms with E-state index in [0.717, 1.165) is 67.4 Å². The van der Waals surface area contributed by atoms with Crippen LogP contribution in [0.15, 0.2) is 67.1 Å². The average molecular weight is 566 g/mol. The molecule has 2 atom stereocenters. The molecule has 5 heterocycles. The molecule has 10 heteroatoms. The topological polar surface area (TPSA) is 98.8 Å². The Bertz CT molecular complexity index is 1670. The summed E-state index contributed by atoms with van der Waals surface area (Å²) >= 11 is 0. The average Bonchev–Trinajstić information content (AvgIpc) is 3.65. The van der Waals surface area contributed by atoms with Gasteiger partial charge in [0, 0.05) is 69.5 Å². The Morgan fingerprint density at radius 2 is 1.90 bits per heavy atom. The first kappa shape index (κ1) is 26.6. The van der Waals surface area contributed by atoms with Crippen molar-refractivity contribution >= 4 is 17.4 Å². The van der Waals surface area contributed by atoms with Gasteiger partial charge in [0.05, 0.1) is 24.0 Å². The van der Waals surface area contributed by atoms with Crippen LogP contribution in [0, 0.1) is 0 Å². The molecule has 3 aliphatic heterocycles. The maximum absolute atomic E-state index is 13.5. The molecule has 42 heavy (non-hydrogen) atoms. The smallest absolute Gasteiger partial charge is 0.257 e. The van der Waals surface area contributed by atoms with E-state index in [-0.39, 0.29) is 18.1 Å². The Hall–Kier alpha value is -4.28. The molecule has 10 nitrogen and oxygen atoms in total. The zero-order valence-electron chi connectivity index (χ0n) is 23.9. The van der Waals surface area contributed by atoms with E-state index < -0.39 is 0 Å². The van der Waals surface area contributed by atoms with Crippen molar-refractivity contribution in [2.45, 2.75) is 50.4 Å². The lowest BCUT2D eigenvalue weighted by atomic mass is 9.89. The van der Waals surface area contributed by atoms with E-state index in [2.05, 4.69) is 50.3 Å². The summed E-state index contributed by atoms with van der Waals surface area (Å²) < 4.78 is 15.1. The van der Waals surface area contributed by atoms with Gasteiger partial charge in [0.2, 0.25) is 0 Å². The van der Waals surface area contributed by atoms with Gasteiger partial charge < -0.3 is 24.3 Å². The van der Waals surface area contributed by atoms with E-state index >= 15 is 0 Å². The number of hydrogen-bond donors (Lipinski definition) is 1. The summed E-state index contributed by atoms with van der Waals surface area (Å²) in [5, 5.41) is 7.77. The molecular formula is C32H35N7O3. The Morgan fingerprint density at radius 3 is 2.67 bits per heavy atom. The number of carbonyl (C=O) groups excluding carboxylic acids is 1. The van der Waals surface area contributed by atoms with E-state index in [1.54, 1.807) is 17.8 Å². The molecule has 1 aromatic carbocycles. The molecule has 0 radical (unpaired) electrons. The molecule has 1 saturated carbocycles. The molecule has 1 aliphatic carbocycles. The van der Waals surface area contributed by atoms with Crippen LogP contribution in [0.1, 0.15) is 47.6 Å². The van der Waals surface area contributed by atoms with Crippen molar-refractivity contribution in [2.75, 3.05) is 32.3 Å². The van der Waals surface area contributed by atoms with Gasteiger partial charge in [-0.2, -0.15) is 9.61 Å². The van der Waals surface area contributed by atoms with Crippen LogP contribution in [-0.2, 0) is 16.0 Å². The number of methoxy groups -OCH3 is 1. The number of ether oxygens (including phenoxy) is 2. The van der Waals surface area contributed by atoms with Crippen LogP contribution in [0.4, 0.5) is 5.82 Å². The molecule has 0 unspecified atom stereocenters. The Balaban J connectivity index is 1.30. The van der Waals surface area contributed by atoms with Gasteiger partial charge in [-0.15, -0.1) is 0 Å². The van der Waals surface area contributed by atoms with Crippen LogP contribution in [0.2, 0.25) is 0 Å². The lowest BCUT2D eigenvalue weighted by Gasteiger charge is -2.35. The van der Waals surface area contributed by atoms with Crippen molar-refractivity contribution in [3.05, 3.63) is 78.2 Å². The molecule has 1 N–H and O–H groups in total. The van der Waals surface area contributed by atoms with Gasteiger partial charge in [-0.25, -0.2) is 9.97 Å². The fraction of sp³-hybridized carbons (Fsp3) is 0.375. The highest BCUT2D eigenvalue weighted by molar-refractivity contribution is 6.00. The predicted octanol–water partition coefficient (Wildman–Crippen LogP) is 4.59. The minimum Gasteiger partial charge on any atom is -0.381 e. The molecule has 2 aromatic heterocycles. The van der Waals surface area contributed by atoms with Gasteiger partial charge in [0.1, 0.15) is 17.2 Å². The van der Waals surface area contributed by atoms with E-state index in [9.17, 15) is 4.79 Å². The quantitative estimate of drug-likeness (QED) is 0.294. The highest BCUT2D eigenvalue weighted by Gasteiger charge is 2.33. The molecule has 2 fully saturated rings. The monoisotopic (exact) mass is 565 g/mol. The van der Waals surface area contributed by atoms with Crippen LogP contribution in [0.3, 0.4) is 0 Å². The van der Waals surface area contributed by atoms with Gasteiger partial charge >= 0.3 is 0 Å². The van der Waals surface area contributed by atoms with E-state index in [1.165, 1.54) is 5.56 Å². The third kappa shape index (κ3) is 4.80. The first-order chi connectivity index (χ1) is 20.6. The number of benzene rings is 1. The number of fused-ring (bicyclic) bond motifs is 2. The van der Waals surface area contributed by atoms with Gasteiger partial charge in [-0.3, -0.25) is 4.79 Å². The van der Waals surface area contributed by atoms with Gasteiger partial charge in [-0.1, -0.05) is 30.3 Å². The van der Waals surface area contributed by atoms with Crippen molar-refractivity contribution in [1.29, 1.82) is 0 Å². The molecular weight excluding hydrogens is 530 g/mol. The summed E-state index contributed by atoms with van der Waals surface area (Å²) in [6.07, 6.45) is 9.42. The Morgan fingerprint density at radius 1 is 1.07 bits per heavy atom. The maximum Gasteiger partial charge on any atom is 0.257 e. The van der Waals surface area contributed by atoms with Crippen LogP contribution in [-0.4, -0.2) is 69.6 Å². The second-order valence-electron chi connectivity index (χ2n) is 11.2. The number of nitrogens with one attached hydrogen (secondary N) is 1. The summed E-state index contributed by atoms with van der Waals surface area (Å²) in [5.41, 5.74) is 4.82. The Labute approximate surface area is 244 Å². The number of hydrogen-bond acceptors (Lipinski definition) is 7. The molecule has 216 valence electrons. The van der Waals surface area contributed by atoms with Crippen LogP contribution < -0.4 is 10.2 Å². The minimum absolute atomic E-state index is 0.00953. The molecule has 3 aromatic rings. The molecule has 0 bridgehead atoms. The lowest BCUT2D eigenvalue weighted by molar-refractivity contribution is 0.00732. The highest BCUT2D eigenvalue weighted by Crippen LogP contribution is 2.37. The summed E-state index contributed by atoms with van der Waals surface area (Å²) in [4.78, 5) is 25.5. The van der Waals surface area contributed by atoms with E-state index in [1.807, 2.05) is 37.5 Å². The van der Waals surface area contributed by atoms with Crippen molar-refractivity contribution in [3.63, 3.8) is 0 Å². The summed E-state index contributed by atoms with van der Waals surface area (Å²) in [6.45, 7) is 2.19. The van der Waals surface area contributed by atoms with Crippen molar-refractivity contribution in [1.82, 2.24) is 29.5 Å². The number of carbonyl (C=O) groups is 1. The zero-order chi connectivity index (χ0) is 28.6. The van der Waals surface area contributed by atoms with Crippen molar-refractivity contribution in [3.8, 4) is 22.6 Å². The summed E-state index contributed by atoms with van der Waals surface area (Å²) in [6, 6.07) is 16.8. The second kappa shape index (κ2) is 11.2. The van der Waals surface area contributed by atoms with E-state index in [4.69, 9.17) is 19.4 Å². The van der Waals surface area contributed by atoms with Crippen LogP contribution in [0.5, 0.6) is 0 Å². The van der Waals surface area contributed by atoms with Crippen molar-refractivity contribution < 1.29 is 14.3 Å². The molecule has 0 spiro atoms.